The quantitative estimate of drug-likeness (QED) is 0.722. The summed E-state index contributed by atoms with van der Waals surface area (Å²) in [7, 11) is 0. The first-order valence-corrected chi connectivity index (χ1v) is 5.92. The Hall–Kier alpha value is -2.16. The van der Waals surface area contributed by atoms with Gasteiger partial charge in [0.15, 0.2) is 0 Å². The van der Waals surface area contributed by atoms with E-state index < -0.39 is 0 Å². The number of rotatable bonds is 3. The minimum atomic E-state index is -0.00450. The van der Waals surface area contributed by atoms with E-state index in [0.717, 1.165) is 16.8 Å². The number of phenols is 2. The van der Waals surface area contributed by atoms with E-state index >= 15 is 0 Å². The molecule has 0 spiro atoms. The van der Waals surface area contributed by atoms with Crippen molar-refractivity contribution in [2.24, 2.45) is 0 Å². The van der Waals surface area contributed by atoms with Gasteiger partial charge in [-0.1, -0.05) is 18.2 Å². The van der Waals surface area contributed by atoms with Crippen molar-refractivity contribution >= 4 is 5.69 Å². The Morgan fingerprint density at radius 2 is 1.72 bits per heavy atom. The summed E-state index contributed by atoms with van der Waals surface area (Å²) < 4.78 is 0. The number of phenolic OH excluding ortho intramolecular Hbond substituents is 2. The first-order valence-electron chi connectivity index (χ1n) is 5.92. The molecule has 94 valence electrons. The molecule has 2 aromatic carbocycles. The lowest BCUT2D eigenvalue weighted by molar-refractivity contribution is 0.465. The minimum Gasteiger partial charge on any atom is -0.508 e. The first kappa shape index (κ1) is 12.3. The van der Waals surface area contributed by atoms with Crippen molar-refractivity contribution < 1.29 is 10.2 Å². The number of para-hydroxylation sites is 1. The third kappa shape index (κ3) is 2.56. The molecule has 2 rings (SSSR count). The van der Waals surface area contributed by atoms with E-state index in [-0.39, 0.29) is 17.5 Å². The molecule has 3 N–H and O–H groups in total. The average molecular weight is 243 g/mol. The van der Waals surface area contributed by atoms with Gasteiger partial charge in [-0.2, -0.15) is 0 Å². The Labute approximate surface area is 107 Å². The van der Waals surface area contributed by atoms with Gasteiger partial charge in [-0.3, -0.25) is 0 Å². The van der Waals surface area contributed by atoms with Crippen molar-refractivity contribution in [1.29, 1.82) is 0 Å². The zero-order valence-electron chi connectivity index (χ0n) is 10.5. The van der Waals surface area contributed by atoms with Gasteiger partial charge in [-0.15, -0.1) is 0 Å². The molecular formula is C15H17NO2. The molecule has 18 heavy (non-hydrogen) atoms. The van der Waals surface area contributed by atoms with Gasteiger partial charge < -0.3 is 15.5 Å². The molecule has 3 heteroatoms. The molecule has 0 radical (unpaired) electrons. The van der Waals surface area contributed by atoms with Crippen molar-refractivity contribution in [3.63, 3.8) is 0 Å². The Kier molecular flexibility index (Phi) is 3.42. The smallest absolute Gasteiger partial charge is 0.120 e. The van der Waals surface area contributed by atoms with Crippen LogP contribution >= 0.6 is 0 Å². The van der Waals surface area contributed by atoms with Crippen LogP contribution in [-0.4, -0.2) is 10.2 Å². The van der Waals surface area contributed by atoms with Crippen LogP contribution in [0.2, 0.25) is 0 Å². The standard InChI is InChI=1S/C15H17NO2/c1-10-9-12(7-8-14(10)17)16-11(2)13-5-3-4-6-15(13)18/h3-9,11,16-18H,1-2H3. The van der Waals surface area contributed by atoms with Gasteiger partial charge in [0.05, 0.1) is 6.04 Å². The fourth-order valence-corrected chi connectivity index (χ4v) is 1.93. The maximum absolute atomic E-state index is 9.78. The average Bonchev–Trinajstić information content (AvgIpc) is 2.34. The monoisotopic (exact) mass is 243 g/mol. The second-order valence-electron chi connectivity index (χ2n) is 4.43. The highest BCUT2D eigenvalue weighted by molar-refractivity contribution is 5.52. The Morgan fingerprint density at radius 1 is 1.00 bits per heavy atom. The Morgan fingerprint density at radius 3 is 2.39 bits per heavy atom. The molecular weight excluding hydrogens is 226 g/mol. The maximum atomic E-state index is 9.78. The highest BCUT2D eigenvalue weighted by Crippen LogP contribution is 2.28. The zero-order valence-corrected chi connectivity index (χ0v) is 10.5. The fourth-order valence-electron chi connectivity index (χ4n) is 1.93. The second-order valence-corrected chi connectivity index (χ2v) is 4.43. The molecule has 1 unspecified atom stereocenters. The number of nitrogens with one attached hydrogen (secondary N) is 1. The summed E-state index contributed by atoms with van der Waals surface area (Å²) in [6.07, 6.45) is 0. The number of aromatic hydroxyl groups is 2. The summed E-state index contributed by atoms with van der Waals surface area (Å²) in [4.78, 5) is 0. The number of hydrogen-bond donors (Lipinski definition) is 3. The molecule has 0 fully saturated rings. The highest BCUT2D eigenvalue weighted by atomic mass is 16.3. The normalized spacial score (nSPS) is 12.1. The predicted octanol–water partition coefficient (Wildman–Crippen LogP) is 3.58. The minimum absolute atomic E-state index is 0.00450. The van der Waals surface area contributed by atoms with Crippen molar-refractivity contribution in [2.75, 3.05) is 5.32 Å². The van der Waals surface area contributed by atoms with Crippen LogP contribution in [0.25, 0.3) is 0 Å². The number of hydrogen-bond acceptors (Lipinski definition) is 3. The molecule has 3 nitrogen and oxygen atoms in total. The molecule has 1 atom stereocenters. The van der Waals surface area contributed by atoms with E-state index in [9.17, 15) is 10.2 Å². The largest absolute Gasteiger partial charge is 0.508 e. The molecule has 0 aliphatic carbocycles. The summed E-state index contributed by atoms with van der Waals surface area (Å²) in [6.45, 7) is 3.84. The fraction of sp³-hybridized carbons (Fsp3) is 0.200. The molecule has 0 saturated carbocycles. The van der Waals surface area contributed by atoms with Crippen LogP contribution in [0.1, 0.15) is 24.1 Å². The van der Waals surface area contributed by atoms with Gasteiger partial charge in [0.25, 0.3) is 0 Å². The van der Waals surface area contributed by atoms with Crippen LogP contribution in [0.4, 0.5) is 5.69 Å². The Bertz CT molecular complexity index is 552. The molecule has 0 heterocycles. The summed E-state index contributed by atoms with van der Waals surface area (Å²) in [6, 6.07) is 12.6. The summed E-state index contributed by atoms with van der Waals surface area (Å²) in [5.41, 5.74) is 2.59. The number of aryl methyl sites for hydroxylation is 1. The molecule has 0 aromatic heterocycles. The lowest BCUT2D eigenvalue weighted by Gasteiger charge is -2.17. The lowest BCUT2D eigenvalue weighted by atomic mass is 10.1. The van der Waals surface area contributed by atoms with Crippen LogP contribution in [-0.2, 0) is 0 Å². The predicted molar refractivity (Wildman–Crippen MR) is 73.0 cm³/mol. The van der Waals surface area contributed by atoms with Crippen LogP contribution in [0.3, 0.4) is 0 Å². The molecule has 0 saturated heterocycles. The SMILES string of the molecule is Cc1cc(NC(C)c2ccccc2O)ccc1O. The van der Waals surface area contributed by atoms with Crippen molar-refractivity contribution in [3.05, 3.63) is 53.6 Å². The van der Waals surface area contributed by atoms with E-state index in [1.54, 1.807) is 18.2 Å². The molecule has 0 amide bonds. The third-order valence-electron chi connectivity index (χ3n) is 2.98. The molecule has 0 bridgehead atoms. The van der Waals surface area contributed by atoms with Gasteiger partial charge in [0, 0.05) is 11.3 Å². The van der Waals surface area contributed by atoms with E-state index in [4.69, 9.17) is 0 Å². The van der Waals surface area contributed by atoms with E-state index in [1.807, 2.05) is 38.1 Å². The summed E-state index contributed by atoms with van der Waals surface area (Å²) >= 11 is 0. The van der Waals surface area contributed by atoms with Gasteiger partial charge in [-0.05, 0) is 43.7 Å². The molecule has 2 aromatic rings. The van der Waals surface area contributed by atoms with Crippen LogP contribution in [0, 0.1) is 6.92 Å². The topological polar surface area (TPSA) is 52.5 Å². The zero-order chi connectivity index (χ0) is 13.1. The van der Waals surface area contributed by atoms with E-state index in [0.29, 0.717) is 0 Å². The third-order valence-corrected chi connectivity index (χ3v) is 2.98. The van der Waals surface area contributed by atoms with Crippen molar-refractivity contribution in [3.8, 4) is 11.5 Å². The van der Waals surface area contributed by atoms with Crippen LogP contribution in [0.5, 0.6) is 11.5 Å². The highest BCUT2D eigenvalue weighted by Gasteiger charge is 2.09. The van der Waals surface area contributed by atoms with Gasteiger partial charge in [0.1, 0.15) is 11.5 Å². The van der Waals surface area contributed by atoms with Crippen LogP contribution < -0.4 is 5.32 Å². The van der Waals surface area contributed by atoms with Gasteiger partial charge >= 0.3 is 0 Å². The van der Waals surface area contributed by atoms with Crippen molar-refractivity contribution in [2.45, 2.75) is 19.9 Å². The number of benzene rings is 2. The van der Waals surface area contributed by atoms with E-state index in [1.165, 1.54) is 0 Å². The maximum Gasteiger partial charge on any atom is 0.120 e. The second kappa shape index (κ2) is 5.00. The summed E-state index contributed by atoms with van der Waals surface area (Å²) in [5.74, 6) is 0.573. The summed E-state index contributed by atoms with van der Waals surface area (Å²) in [5, 5.41) is 22.5. The molecule has 0 aliphatic heterocycles. The van der Waals surface area contributed by atoms with Crippen molar-refractivity contribution in [1.82, 2.24) is 0 Å². The molecule has 0 aliphatic rings. The first-order chi connectivity index (χ1) is 8.58. The van der Waals surface area contributed by atoms with E-state index in [2.05, 4.69) is 5.32 Å². The van der Waals surface area contributed by atoms with Gasteiger partial charge in [0.2, 0.25) is 0 Å². The van der Waals surface area contributed by atoms with Gasteiger partial charge in [-0.25, -0.2) is 0 Å². The lowest BCUT2D eigenvalue weighted by Crippen LogP contribution is -2.06. The van der Waals surface area contributed by atoms with Crippen LogP contribution in [0.15, 0.2) is 42.5 Å². The number of anilines is 1. The Balaban J connectivity index is 2.19.